The van der Waals surface area contributed by atoms with Crippen LogP contribution < -0.4 is 0 Å². The molecule has 0 fully saturated rings. The number of carbonyl (C=O) groups is 3. The number of nitrogens with zero attached hydrogens (tertiary/aromatic N) is 2. The van der Waals surface area contributed by atoms with Gasteiger partial charge in [-0.05, 0) is 42.0 Å². The molecule has 7 heteroatoms. The normalized spacial score (nSPS) is 12.8. The average molecular weight is 437 g/mol. The maximum absolute atomic E-state index is 14.1. The maximum atomic E-state index is 14.1. The first-order valence-corrected chi connectivity index (χ1v) is 9.97. The molecule has 3 aromatic rings. The lowest BCUT2D eigenvalue weighted by atomic mass is 10.1. The molecule has 3 aromatic carbocycles. The van der Waals surface area contributed by atoms with E-state index in [0.717, 1.165) is 4.90 Å². The largest absolute Gasteiger partial charge is 0.337 e. The van der Waals surface area contributed by atoms with E-state index in [1.165, 1.54) is 17.0 Å². The van der Waals surface area contributed by atoms with Gasteiger partial charge < -0.3 is 4.90 Å². The van der Waals surface area contributed by atoms with E-state index in [0.29, 0.717) is 22.3 Å². The number of benzene rings is 3. The number of rotatable bonds is 5. The Hall–Kier alpha value is -3.51. The Morgan fingerprint density at radius 2 is 1.61 bits per heavy atom. The average Bonchev–Trinajstić information content (AvgIpc) is 3.01. The summed E-state index contributed by atoms with van der Waals surface area (Å²) in [5.74, 6) is -1.53. The Morgan fingerprint density at radius 3 is 2.26 bits per heavy atom. The molecule has 156 valence electrons. The van der Waals surface area contributed by atoms with Crippen LogP contribution in [0.1, 0.15) is 42.2 Å². The van der Waals surface area contributed by atoms with Crippen LogP contribution in [0.25, 0.3) is 0 Å². The lowest BCUT2D eigenvalue weighted by Crippen LogP contribution is -2.29. The van der Waals surface area contributed by atoms with E-state index in [9.17, 15) is 18.8 Å². The summed E-state index contributed by atoms with van der Waals surface area (Å²) in [7, 11) is 1.56. The second-order valence-electron chi connectivity index (χ2n) is 7.30. The lowest BCUT2D eigenvalue weighted by molar-refractivity contribution is 0.0642. The summed E-state index contributed by atoms with van der Waals surface area (Å²) < 4.78 is 14.1. The first-order chi connectivity index (χ1) is 14.9. The van der Waals surface area contributed by atoms with Crippen molar-refractivity contribution >= 4 is 29.3 Å². The van der Waals surface area contributed by atoms with Crippen molar-refractivity contribution in [2.24, 2.45) is 0 Å². The van der Waals surface area contributed by atoms with Crippen LogP contribution in [0, 0.1) is 5.82 Å². The van der Waals surface area contributed by atoms with Gasteiger partial charge in [0.2, 0.25) is 0 Å². The predicted octanol–water partition coefficient (Wildman–Crippen LogP) is 4.55. The Bertz CT molecular complexity index is 1160. The van der Waals surface area contributed by atoms with E-state index in [1.54, 1.807) is 61.6 Å². The van der Waals surface area contributed by atoms with E-state index in [2.05, 4.69) is 0 Å². The van der Waals surface area contributed by atoms with Gasteiger partial charge in [0, 0.05) is 29.7 Å². The highest BCUT2D eigenvalue weighted by molar-refractivity contribution is 6.31. The third-order valence-corrected chi connectivity index (χ3v) is 5.55. The van der Waals surface area contributed by atoms with Crippen LogP contribution in [0.3, 0.4) is 0 Å². The molecule has 0 bridgehead atoms. The predicted molar refractivity (Wildman–Crippen MR) is 114 cm³/mol. The van der Waals surface area contributed by atoms with Gasteiger partial charge in [-0.2, -0.15) is 0 Å². The molecule has 1 heterocycles. The number of hydrogen-bond donors (Lipinski definition) is 0. The molecule has 4 rings (SSSR count). The van der Waals surface area contributed by atoms with Crippen molar-refractivity contribution in [3.8, 4) is 0 Å². The van der Waals surface area contributed by atoms with Gasteiger partial charge in [0.25, 0.3) is 17.7 Å². The first-order valence-electron chi connectivity index (χ1n) is 9.59. The molecule has 0 unspecified atom stereocenters. The number of fused-ring (bicyclic) bond motifs is 1. The molecule has 1 aliphatic rings. The Morgan fingerprint density at radius 1 is 0.968 bits per heavy atom. The molecule has 0 aliphatic carbocycles. The number of carbonyl (C=O) groups excluding carboxylic acids is 3. The Balaban J connectivity index is 1.52. The summed E-state index contributed by atoms with van der Waals surface area (Å²) >= 11 is 6.06. The standard InChI is InChI=1S/C24H18ClFN2O3/c1-27(14-19-20(25)10-5-11-21(19)26)22(29)16-7-4-6-15(12-16)13-28-23(30)17-8-2-3-9-18(17)24(28)31/h2-12H,13-14H2,1H3. The van der Waals surface area contributed by atoms with Crippen LogP contribution in [-0.2, 0) is 13.1 Å². The minimum Gasteiger partial charge on any atom is -0.337 e. The van der Waals surface area contributed by atoms with E-state index in [1.807, 2.05) is 0 Å². The topological polar surface area (TPSA) is 57.7 Å². The molecule has 0 spiro atoms. The first kappa shape index (κ1) is 20.8. The van der Waals surface area contributed by atoms with Gasteiger partial charge in [-0.1, -0.05) is 41.9 Å². The molecule has 1 aliphatic heterocycles. The van der Waals surface area contributed by atoms with Crippen LogP contribution in [0.15, 0.2) is 66.7 Å². The third kappa shape index (κ3) is 3.94. The monoisotopic (exact) mass is 436 g/mol. The second-order valence-corrected chi connectivity index (χ2v) is 7.71. The zero-order valence-corrected chi connectivity index (χ0v) is 17.4. The molecular formula is C24H18ClFN2O3. The molecule has 0 saturated heterocycles. The highest BCUT2D eigenvalue weighted by atomic mass is 35.5. The molecule has 3 amide bonds. The second kappa shape index (κ2) is 8.32. The quantitative estimate of drug-likeness (QED) is 0.551. The molecule has 0 aromatic heterocycles. The Labute approximate surface area is 183 Å². The van der Waals surface area contributed by atoms with Gasteiger partial charge in [0.15, 0.2) is 0 Å². The fourth-order valence-electron chi connectivity index (χ4n) is 3.58. The SMILES string of the molecule is CN(Cc1c(F)cccc1Cl)C(=O)c1cccc(CN2C(=O)c3ccccc3C2=O)c1. The lowest BCUT2D eigenvalue weighted by Gasteiger charge is -2.19. The van der Waals surface area contributed by atoms with Crippen molar-refractivity contribution < 1.29 is 18.8 Å². The van der Waals surface area contributed by atoms with Crippen LogP contribution >= 0.6 is 11.6 Å². The van der Waals surface area contributed by atoms with Crippen LogP contribution in [0.2, 0.25) is 5.02 Å². The van der Waals surface area contributed by atoms with Gasteiger partial charge in [-0.3, -0.25) is 19.3 Å². The van der Waals surface area contributed by atoms with E-state index < -0.39 is 5.82 Å². The fourth-order valence-corrected chi connectivity index (χ4v) is 3.80. The minimum absolute atomic E-state index is 0.00692. The number of imide groups is 1. The van der Waals surface area contributed by atoms with E-state index in [4.69, 9.17) is 11.6 Å². The summed E-state index contributed by atoms with van der Waals surface area (Å²) in [5.41, 5.74) is 1.99. The highest BCUT2D eigenvalue weighted by Crippen LogP contribution is 2.25. The van der Waals surface area contributed by atoms with Crippen LogP contribution in [0.4, 0.5) is 4.39 Å². The summed E-state index contributed by atoms with van der Waals surface area (Å²) in [6.07, 6.45) is 0. The third-order valence-electron chi connectivity index (χ3n) is 5.20. The zero-order valence-electron chi connectivity index (χ0n) is 16.6. The Kier molecular flexibility index (Phi) is 5.57. The van der Waals surface area contributed by atoms with Gasteiger partial charge in [0.05, 0.1) is 17.7 Å². The molecule has 31 heavy (non-hydrogen) atoms. The molecule has 5 nitrogen and oxygen atoms in total. The molecule has 0 radical (unpaired) electrons. The number of halogens is 2. The molecule has 0 N–H and O–H groups in total. The van der Waals surface area contributed by atoms with Crippen LogP contribution in [-0.4, -0.2) is 34.6 Å². The summed E-state index contributed by atoms with van der Waals surface area (Å²) in [5, 5.41) is 0.249. The van der Waals surface area contributed by atoms with Gasteiger partial charge >= 0.3 is 0 Å². The van der Waals surface area contributed by atoms with Gasteiger partial charge in [-0.25, -0.2) is 4.39 Å². The van der Waals surface area contributed by atoms with Crippen LogP contribution in [0.5, 0.6) is 0 Å². The van der Waals surface area contributed by atoms with Crippen molar-refractivity contribution in [1.82, 2.24) is 9.80 Å². The van der Waals surface area contributed by atoms with Gasteiger partial charge in [0.1, 0.15) is 5.82 Å². The summed E-state index contributed by atoms with van der Waals surface area (Å²) in [6.45, 7) is 0.0588. The molecule has 0 atom stereocenters. The minimum atomic E-state index is -0.480. The highest BCUT2D eigenvalue weighted by Gasteiger charge is 2.35. The number of amides is 3. The number of hydrogen-bond acceptors (Lipinski definition) is 3. The molecular weight excluding hydrogens is 419 g/mol. The van der Waals surface area contributed by atoms with Crippen molar-refractivity contribution in [1.29, 1.82) is 0 Å². The maximum Gasteiger partial charge on any atom is 0.261 e. The zero-order chi connectivity index (χ0) is 22.1. The fraction of sp³-hybridized carbons (Fsp3) is 0.125. The smallest absolute Gasteiger partial charge is 0.261 e. The van der Waals surface area contributed by atoms with Crippen molar-refractivity contribution in [2.45, 2.75) is 13.1 Å². The van der Waals surface area contributed by atoms with Crippen molar-refractivity contribution in [2.75, 3.05) is 7.05 Å². The van der Waals surface area contributed by atoms with E-state index in [-0.39, 0.29) is 41.4 Å². The van der Waals surface area contributed by atoms with E-state index >= 15 is 0 Å². The summed E-state index contributed by atoms with van der Waals surface area (Å²) in [6, 6.07) is 17.7. The van der Waals surface area contributed by atoms with Gasteiger partial charge in [-0.15, -0.1) is 0 Å². The van der Waals surface area contributed by atoms with Crippen molar-refractivity contribution in [3.63, 3.8) is 0 Å². The molecule has 0 saturated carbocycles. The summed E-state index contributed by atoms with van der Waals surface area (Å²) in [4.78, 5) is 40.6. The van der Waals surface area contributed by atoms with Crippen molar-refractivity contribution in [3.05, 3.63) is 105 Å².